The highest BCUT2D eigenvalue weighted by atomic mass is 28.3. The number of hydrogen-bond donors (Lipinski definition) is 0. The van der Waals surface area contributed by atoms with E-state index in [4.69, 9.17) is 9.47 Å². The van der Waals surface area contributed by atoms with Crippen molar-refractivity contribution < 1.29 is 9.47 Å². The van der Waals surface area contributed by atoms with Crippen LogP contribution in [-0.4, -0.2) is 41.3 Å². The predicted molar refractivity (Wildman–Crippen MR) is 92.1 cm³/mol. The molecule has 0 radical (unpaired) electrons. The minimum atomic E-state index is -0.928. The normalized spacial score (nSPS) is 37.0. The van der Waals surface area contributed by atoms with Crippen molar-refractivity contribution in [2.75, 3.05) is 13.2 Å². The van der Waals surface area contributed by atoms with Crippen molar-refractivity contribution in [2.24, 2.45) is 0 Å². The Morgan fingerprint density at radius 2 is 1.40 bits per heavy atom. The van der Waals surface area contributed by atoms with E-state index in [9.17, 15) is 0 Å². The average molecular weight is 315 g/mol. The van der Waals surface area contributed by atoms with Gasteiger partial charge in [-0.15, -0.1) is 0 Å². The van der Waals surface area contributed by atoms with Crippen LogP contribution < -0.4 is 0 Å². The third-order valence-corrected chi connectivity index (χ3v) is 12.9. The molecule has 0 N–H and O–H groups in total. The SMILES string of the molecule is CCC[SiH](C)C1(C2([SiH](C)C)CCCCO2)CCCCO1. The molecule has 0 spiro atoms. The lowest BCUT2D eigenvalue weighted by atomic mass is 9.96. The summed E-state index contributed by atoms with van der Waals surface area (Å²) in [6.45, 7) is 11.8. The van der Waals surface area contributed by atoms with Crippen molar-refractivity contribution in [3.05, 3.63) is 0 Å². The largest absolute Gasteiger partial charge is 0.376 e. The lowest BCUT2D eigenvalue weighted by molar-refractivity contribution is -0.164. The van der Waals surface area contributed by atoms with Crippen molar-refractivity contribution in [1.82, 2.24) is 0 Å². The summed E-state index contributed by atoms with van der Waals surface area (Å²) in [6.07, 6.45) is 9.09. The fourth-order valence-corrected chi connectivity index (χ4v) is 12.5. The first-order chi connectivity index (χ1) is 9.59. The Bertz CT molecular complexity index is 295. The molecule has 3 unspecified atom stereocenters. The fraction of sp³-hybridized carbons (Fsp3) is 1.00. The van der Waals surface area contributed by atoms with Crippen molar-refractivity contribution >= 4 is 17.6 Å². The maximum atomic E-state index is 6.66. The Balaban J connectivity index is 2.35. The van der Waals surface area contributed by atoms with E-state index in [2.05, 4.69) is 26.6 Å². The van der Waals surface area contributed by atoms with E-state index in [1.807, 2.05) is 0 Å². The van der Waals surface area contributed by atoms with Gasteiger partial charge in [-0.1, -0.05) is 39.0 Å². The van der Waals surface area contributed by atoms with E-state index in [0.717, 1.165) is 13.2 Å². The third kappa shape index (κ3) is 2.81. The van der Waals surface area contributed by atoms with Crippen molar-refractivity contribution in [3.8, 4) is 0 Å². The standard InChI is InChI=1S/C16H34O2Si2/c1-5-14-20(4)16(11-7-9-13-18-16)15(19(2)3)10-6-8-12-17-15/h19-20H,5-14H2,1-4H3. The summed E-state index contributed by atoms with van der Waals surface area (Å²) >= 11 is 0. The summed E-state index contributed by atoms with van der Waals surface area (Å²) in [7, 11) is -1.85. The zero-order valence-corrected chi connectivity index (χ0v) is 16.4. The van der Waals surface area contributed by atoms with E-state index in [1.54, 1.807) is 0 Å². The molecule has 0 saturated carbocycles. The van der Waals surface area contributed by atoms with Gasteiger partial charge in [0.2, 0.25) is 0 Å². The molecule has 2 aliphatic rings. The molecule has 0 amide bonds. The fourth-order valence-electron chi connectivity index (χ4n) is 4.72. The van der Waals surface area contributed by atoms with Crippen LogP contribution in [0.2, 0.25) is 25.7 Å². The summed E-state index contributed by atoms with van der Waals surface area (Å²) in [5.41, 5.74) is 0. The van der Waals surface area contributed by atoms with Crippen LogP contribution in [-0.2, 0) is 9.47 Å². The zero-order valence-electron chi connectivity index (χ0n) is 14.0. The summed E-state index contributed by atoms with van der Waals surface area (Å²) in [6, 6.07) is 1.41. The lowest BCUT2D eigenvalue weighted by Gasteiger charge is -2.58. The Morgan fingerprint density at radius 3 is 1.80 bits per heavy atom. The van der Waals surface area contributed by atoms with E-state index in [-0.39, 0.29) is 10.4 Å². The van der Waals surface area contributed by atoms with Crippen LogP contribution in [0.4, 0.5) is 0 Å². The van der Waals surface area contributed by atoms with Crippen molar-refractivity contribution in [2.45, 2.75) is 88.0 Å². The van der Waals surface area contributed by atoms with E-state index in [1.165, 1.54) is 51.0 Å². The summed E-state index contributed by atoms with van der Waals surface area (Å²) in [4.78, 5) is 0. The number of hydrogen-bond acceptors (Lipinski definition) is 2. The minimum absolute atomic E-state index is 0.145. The highest BCUT2D eigenvalue weighted by Crippen LogP contribution is 2.47. The predicted octanol–water partition coefficient (Wildman–Crippen LogP) is 3.70. The average Bonchev–Trinajstić information content (AvgIpc) is 2.48. The zero-order chi connectivity index (χ0) is 14.6. The quantitative estimate of drug-likeness (QED) is 0.720. The second-order valence-corrected chi connectivity index (χ2v) is 13.8. The van der Waals surface area contributed by atoms with Gasteiger partial charge in [-0.3, -0.25) is 0 Å². The van der Waals surface area contributed by atoms with Gasteiger partial charge in [0.1, 0.15) is 0 Å². The Hall–Kier alpha value is 0.354. The van der Waals surface area contributed by atoms with Gasteiger partial charge >= 0.3 is 0 Å². The van der Waals surface area contributed by atoms with Crippen LogP contribution in [0.25, 0.3) is 0 Å². The van der Waals surface area contributed by atoms with Gasteiger partial charge in [0.05, 0.1) is 28.0 Å². The summed E-state index contributed by atoms with van der Waals surface area (Å²) in [5, 5.41) is 0.300. The van der Waals surface area contributed by atoms with E-state index in [0.29, 0.717) is 0 Å². The molecule has 0 aromatic rings. The molecular weight excluding hydrogens is 280 g/mol. The van der Waals surface area contributed by atoms with Crippen LogP contribution in [0.3, 0.4) is 0 Å². The second-order valence-electron chi connectivity index (χ2n) is 7.23. The molecule has 0 bridgehead atoms. The van der Waals surface area contributed by atoms with Crippen molar-refractivity contribution in [1.29, 1.82) is 0 Å². The highest BCUT2D eigenvalue weighted by Gasteiger charge is 2.58. The van der Waals surface area contributed by atoms with Crippen LogP contribution in [0.1, 0.15) is 51.9 Å². The molecule has 3 atom stereocenters. The lowest BCUT2D eigenvalue weighted by Crippen LogP contribution is -2.71. The van der Waals surface area contributed by atoms with Gasteiger partial charge in [0, 0.05) is 13.2 Å². The number of ether oxygens (including phenoxy) is 2. The molecular formula is C16H34O2Si2. The third-order valence-electron chi connectivity index (χ3n) is 5.77. The van der Waals surface area contributed by atoms with Gasteiger partial charge in [0.15, 0.2) is 0 Å². The van der Waals surface area contributed by atoms with E-state index < -0.39 is 17.6 Å². The Kier molecular flexibility index (Phi) is 5.92. The summed E-state index contributed by atoms with van der Waals surface area (Å²) in [5.74, 6) is 0. The molecule has 118 valence electrons. The smallest absolute Gasteiger partial charge is 0.0800 e. The molecule has 0 aromatic heterocycles. The first kappa shape index (κ1) is 16.7. The van der Waals surface area contributed by atoms with Crippen LogP contribution in [0, 0.1) is 0 Å². The van der Waals surface area contributed by atoms with Gasteiger partial charge < -0.3 is 9.47 Å². The monoisotopic (exact) mass is 314 g/mol. The van der Waals surface area contributed by atoms with E-state index >= 15 is 0 Å². The molecule has 2 heterocycles. The second kappa shape index (κ2) is 7.08. The minimum Gasteiger partial charge on any atom is -0.376 e. The van der Waals surface area contributed by atoms with Gasteiger partial charge in [0.25, 0.3) is 0 Å². The molecule has 2 rings (SSSR count). The first-order valence-electron chi connectivity index (χ1n) is 8.87. The topological polar surface area (TPSA) is 18.5 Å². The molecule has 2 saturated heterocycles. The van der Waals surface area contributed by atoms with Gasteiger partial charge in [-0.25, -0.2) is 0 Å². The first-order valence-corrected chi connectivity index (χ1v) is 14.3. The molecule has 0 aliphatic carbocycles. The Morgan fingerprint density at radius 1 is 0.850 bits per heavy atom. The Labute approximate surface area is 128 Å². The summed E-state index contributed by atoms with van der Waals surface area (Å²) < 4.78 is 13.3. The molecule has 0 aromatic carbocycles. The van der Waals surface area contributed by atoms with Gasteiger partial charge in [-0.05, 0) is 38.5 Å². The molecule has 2 nitrogen and oxygen atoms in total. The maximum absolute atomic E-state index is 6.66. The molecule has 2 aliphatic heterocycles. The number of rotatable bonds is 5. The van der Waals surface area contributed by atoms with Crippen LogP contribution in [0.5, 0.6) is 0 Å². The van der Waals surface area contributed by atoms with Gasteiger partial charge in [-0.2, -0.15) is 0 Å². The molecule has 20 heavy (non-hydrogen) atoms. The van der Waals surface area contributed by atoms with Crippen LogP contribution in [0.15, 0.2) is 0 Å². The highest BCUT2D eigenvalue weighted by molar-refractivity contribution is 6.67. The van der Waals surface area contributed by atoms with Crippen molar-refractivity contribution in [3.63, 3.8) is 0 Å². The molecule has 4 heteroatoms. The maximum Gasteiger partial charge on any atom is 0.0800 e. The van der Waals surface area contributed by atoms with Crippen LogP contribution >= 0.6 is 0 Å². The molecule has 2 fully saturated rings.